The molecule has 0 unspecified atom stereocenters. The van der Waals surface area contributed by atoms with Gasteiger partial charge < -0.3 is 4.74 Å². The molecule has 0 spiro atoms. The van der Waals surface area contributed by atoms with Crippen molar-refractivity contribution in [3.63, 3.8) is 0 Å². The van der Waals surface area contributed by atoms with Crippen molar-refractivity contribution in [3.8, 4) is 0 Å². The van der Waals surface area contributed by atoms with E-state index in [1.54, 1.807) is 24.3 Å². The Bertz CT molecular complexity index is 343. The molecule has 0 amide bonds. The predicted molar refractivity (Wildman–Crippen MR) is 66.0 cm³/mol. The molecular weight excluding hydrogens is 224 g/mol. The van der Waals surface area contributed by atoms with E-state index in [1.807, 2.05) is 6.08 Å². The van der Waals surface area contributed by atoms with Crippen LogP contribution in [0.15, 0.2) is 36.9 Å². The third-order valence-corrected chi connectivity index (χ3v) is 2.35. The first-order valence-corrected chi connectivity index (χ1v) is 5.59. The minimum atomic E-state index is -0.0183. The molecule has 0 atom stereocenters. The molecule has 1 rings (SSSR count). The zero-order valence-electron chi connectivity index (χ0n) is 9.12. The van der Waals surface area contributed by atoms with Crippen molar-refractivity contribution < 1.29 is 9.53 Å². The highest BCUT2D eigenvalue weighted by Crippen LogP contribution is 2.10. The summed E-state index contributed by atoms with van der Waals surface area (Å²) in [6.07, 6.45) is 3.65. The van der Waals surface area contributed by atoms with Crippen molar-refractivity contribution in [2.24, 2.45) is 0 Å². The number of allylic oxidation sites excluding steroid dienone is 1. The number of rotatable bonds is 7. The summed E-state index contributed by atoms with van der Waals surface area (Å²) in [5.41, 5.74) is 0.633. The van der Waals surface area contributed by atoms with Gasteiger partial charge in [-0.15, -0.1) is 6.58 Å². The third kappa shape index (κ3) is 4.60. The van der Waals surface area contributed by atoms with Gasteiger partial charge in [-0.25, -0.2) is 0 Å². The molecule has 0 bridgehead atoms. The van der Waals surface area contributed by atoms with Gasteiger partial charge in [0.05, 0.1) is 0 Å². The van der Waals surface area contributed by atoms with Crippen LogP contribution in [-0.2, 0) is 4.74 Å². The molecule has 1 aromatic rings. The van der Waals surface area contributed by atoms with Crippen molar-refractivity contribution in [2.45, 2.75) is 12.8 Å². The maximum absolute atomic E-state index is 11.6. The Morgan fingerprint density at radius 3 is 2.69 bits per heavy atom. The Morgan fingerprint density at radius 2 is 2.06 bits per heavy atom. The molecule has 3 heteroatoms. The standard InChI is InChI=1S/C13H15ClO2/c1-2-3-4-9-16-10-13(15)11-5-7-12(14)8-6-11/h2,5-8H,1,3-4,9-10H2. The summed E-state index contributed by atoms with van der Waals surface area (Å²) in [7, 11) is 0. The molecular formula is C13H15ClO2. The summed E-state index contributed by atoms with van der Waals surface area (Å²) in [6, 6.07) is 6.81. The normalized spacial score (nSPS) is 10.1. The predicted octanol–water partition coefficient (Wildman–Crippen LogP) is 3.51. The lowest BCUT2D eigenvalue weighted by Crippen LogP contribution is -2.09. The Morgan fingerprint density at radius 1 is 1.38 bits per heavy atom. The summed E-state index contributed by atoms with van der Waals surface area (Å²) in [6.45, 7) is 4.33. The molecule has 1 aromatic carbocycles. The summed E-state index contributed by atoms with van der Waals surface area (Å²) in [4.78, 5) is 11.6. The van der Waals surface area contributed by atoms with Gasteiger partial charge >= 0.3 is 0 Å². The van der Waals surface area contributed by atoms with Crippen molar-refractivity contribution in [1.29, 1.82) is 0 Å². The number of Topliss-reactive ketones (excluding diaryl/α,β-unsaturated/α-hetero) is 1. The molecule has 0 N–H and O–H groups in total. The maximum atomic E-state index is 11.6. The van der Waals surface area contributed by atoms with Crippen molar-refractivity contribution in [2.75, 3.05) is 13.2 Å². The third-order valence-electron chi connectivity index (χ3n) is 2.10. The summed E-state index contributed by atoms with van der Waals surface area (Å²) in [5.74, 6) is -0.0183. The molecule has 0 aliphatic carbocycles. The maximum Gasteiger partial charge on any atom is 0.188 e. The largest absolute Gasteiger partial charge is 0.373 e. The average Bonchev–Trinajstić information content (AvgIpc) is 2.29. The molecule has 0 heterocycles. The first kappa shape index (κ1) is 12.9. The van der Waals surface area contributed by atoms with Crippen LogP contribution in [0.2, 0.25) is 5.02 Å². The van der Waals surface area contributed by atoms with Gasteiger partial charge in [0.25, 0.3) is 0 Å². The van der Waals surface area contributed by atoms with E-state index in [2.05, 4.69) is 6.58 Å². The molecule has 0 aromatic heterocycles. The van der Waals surface area contributed by atoms with Crippen LogP contribution < -0.4 is 0 Å². The highest BCUT2D eigenvalue weighted by molar-refractivity contribution is 6.30. The second kappa shape index (κ2) is 7.20. The van der Waals surface area contributed by atoms with E-state index in [9.17, 15) is 4.79 Å². The van der Waals surface area contributed by atoms with E-state index < -0.39 is 0 Å². The van der Waals surface area contributed by atoms with E-state index in [-0.39, 0.29) is 12.4 Å². The molecule has 0 fully saturated rings. The van der Waals surface area contributed by atoms with E-state index in [4.69, 9.17) is 16.3 Å². The van der Waals surface area contributed by atoms with E-state index in [0.717, 1.165) is 12.8 Å². The number of unbranched alkanes of at least 4 members (excludes halogenated alkanes) is 1. The van der Waals surface area contributed by atoms with Gasteiger partial charge in [-0.2, -0.15) is 0 Å². The van der Waals surface area contributed by atoms with Crippen LogP contribution in [0.25, 0.3) is 0 Å². The second-order valence-corrected chi connectivity index (χ2v) is 3.85. The molecule has 2 nitrogen and oxygen atoms in total. The van der Waals surface area contributed by atoms with Gasteiger partial charge in [0.2, 0.25) is 0 Å². The Labute approximate surface area is 101 Å². The van der Waals surface area contributed by atoms with E-state index in [0.29, 0.717) is 17.2 Å². The zero-order chi connectivity index (χ0) is 11.8. The van der Waals surface area contributed by atoms with Crippen LogP contribution >= 0.6 is 11.6 Å². The zero-order valence-corrected chi connectivity index (χ0v) is 9.87. The van der Waals surface area contributed by atoms with Crippen LogP contribution in [0.1, 0.15) is 23.2 Å². The average molecular weight is 239 g/mol. The van der Waals surface area contributed by atoms with Crippen LogP contribution in [0.5, 0.6) is 0 Å². The van der Waals surface area contributed by atoms with Gasteiger partial charge in [-0.3, -0.25) is 4.79 Å². The molecule has 0 saturated carbocycles. The number of benzene rings is 1. The highest BCUT2D eigenvalue weighted by Gasteiger charge is 2.04. The molecule has 0 radical (unpaired) electrons. The smallest absolute Gasteiger partial charge is 0.188 e. The van der Waals surface area contributed by atoms with Crippen molar-refractivity contribution in [1.82, 2.24) is 0 Å². The second-order valence-electron chi connectivity index (χ2n) is 3.41. The van der Waals surface area contributed by atoms with E-state index >= 15 is 0 Å². The number of hydrogen-bond donors (Lipinski definition) is 0. The fraction of sp³-hybridized carbons (Fsp3) is 0.308. The summed E-state index contributed by atoms with van der Waals surface area (Å²) < 4.78 is 5.25. The molecule has 86 valence electrons. The Hall–Kier alpha value is -1.12. The topological polar surface area (TPSA) is 26.3 Å². The lowest BCUT2D eigenvalue weighted by atomic mass is 10.1. The monoisotopic (exact) mass is 238 g/mol. The summed E-state index contributed by atoms with van der Waals surface area (Å²) in [5, 5.41) is 0.628. The van der Waals surface area contributed by atoms with Gasteiger partial charge in [0.15, 0.2) is 5.78 Å². The van der Waals surface area contributed by atoms with Crippen LogP contribution in [0, 0.1) is 0 Å². The Kier molecular flexibility index (Phi) is 5.83. The molecule has 0 aliphatic rings. The minimum absolute atomic E-state index is 0.0183. The van der Waals surface area contributed by atoms with Gasteiger partial charge in [0, 0.05) is 17.2 Å². The first-order valence-electron chi connectivity index (χ1n) is 5.21. The van der Waals surface area contributed by atoms with Crippen LogP contribution in [0.3, 0.4) is 0 Å². The molecule has 0 saturated heterocycles. The van der Waals surface area contributed by atoms with Crippen molar-refractivity contribution >= 4 is 17.4 Å². The van der Waals surface area contributed by atoms with E-state index in [1.165, 1.54) is 0 Å². The summed E-state index contributed by atoms with van der Waals surface area (Å²) >= 11 is 5.73. The van der Waals surface area contributed by atoms with Gasteiger partial charge in [0.1, 0.15) is 6.61 Å². The highest BCUT2D eigenvalue weighted by atomic mass is 35.5. The lowest BCUT2D eigenvalue weighted by molar-refractivity contribution is 0.0757. The number of hydrogen-bond acceptors (Lipinski definition) is 2. The number of halogens is 1. The molecule has 0 aliphatic heterocycles. The molecule has 16 heavy (non-hydrogen) atoms. The number of carbonyl (C=O) groups is 1. The van der Waals surface area contributed by atoms with Gasteiger partial charge in [-0.1, -0.05) is 17.7 Å². The van der Waals surface area contributed by atoms with Crippen LogP contribution in [0.4, 0.5) is 0 Å². The first-order chi connectivity index (χ1) is 7.74. The SMILES string of the molecule is C=CCCCOCC(=O)c1ccc(Cl)cc1. The Balaban J connectivity index is 2.29. The number of carbonyl (C=O) groups excluding carboxylic acids is 1. The minimum Gasteiger partial charge on any atom is -0.373 e. The lowest BCUT2D eigenvalue weighted by Gasteiger charge is -2.02. The quantitative estimate of drug-likeness (QED) is 0.413. The van der Waals surface area contributed by atoms with Gasteiger partial charge in [-0.05, 0) is 37.1 Å². The van der Waals surface area contributed by atoms with Crippen molar-refractivity contribution in [3.05, 3.63) is 47.5 Å². The number of ether oxygens (including phenoxy) is 1. The van der Waals surface area contributed by atoms with Crippen LogP contribution in [-0.4, -0.2) is 19.0 Å². The fourth-order valence-corrected chi connectivity index (χ4v) is 1.34. The fourth-order valence-electron chi connectivity index (χ4n) is 1.21. The number of ketones is 1.